The van der Waals surface area contributed by atoms with Gasteiger partial charge in [-0.15, -0.1) is 21.5 Å². The molecule has 0 bridgehead atoms. The van der Waals surface area contributed by atoms with Gasteiger partial charge in [0.2, 0.25) is 0 Å². The maximum Gasteiger partial charge on any atom is 0.255 e. The Kier molecular flexibility index (Phi) is 9.93. The Balaban J connectivity index is 1.25. The molecule has 1 aliphatic heterocycles. The number of aromatic nitrogens is 3. The van der Waals surface area contributed by atoms with Crippen LogP contribution in [0, 0.1) is 5.82 Å². The number of rotatable bonds is 12. The van der Waals surface area contributed by atoms with Crippen molar-refractivity contribution in [1.82, 2.24) is 25.1 Å². The minimum Gasteiger partial charge on any atom is -0.496 e. The van der Waals surface area contributed by atoms with Gasteiger partial charge in [-0.3, -0.25) is 14.2 Å². The van der Waals surface area contributed by atoms with Gasteiger partial charge in [0.05, 0.1) is 48.2 Å². The Morgan fingerprint density at radius 2 is 1.81 bits per heavy atom. The molecule has 0 fully saturated rings. The number of nitrogens with one attached hydrogen (secondary N) is 1. The first-order chi connectivity index (χ1) is 22.9. The number of ether oxygens (including phenoxy) is 2. The third-order valence-electron chi connectivity index (χ3n) is 7.42. The summed E-state index contributed by atoms with van der Waals surface area (Å²) in [6.45, 7) is 2.51. The number of halogens is 1. The molecule has 5 aromatic rings. The van der Waals surface area contributed by atoms with Gasteiger partial charge in [0.1, 0.15) is 17.3 Å². The van der Waals surface area contributed by atoms with E-state index < -0.39 is 0 Å². The molecule has 2 aromatic heterocycles. The summed E-state index contributed by atoms with van der Waals surface area (Å²) in [4.78, 5) is 27.8. The molecule has 0 aliphatic carbocycles. The highest BCUT2D eigenvalue weighted by atomic mass is 32.2. The van der Waals surface area contributed by atoms with Gasteiger partial charge in [0.25, 0.3) is 11.8 Å². The average molecular weight is 671 g/mol. The van der Waals surface area contributed by atoms with Crippen molar-refractivity contribution in [2.75, 3.05) is 19.5 Å². The molecule has 1 aliphatic rings. The predicted molar refractivity (Wildman–Crippen MR) is 179 cm³/mol. The lowest BCUT2D eigenvalue weighted by Crippen LogP contribution is -2.28. The van der Waals surface area contributed by atoms with Crippen molar-refractivity contribution >= 4 is 40.6 Å². The van der Waals surface area contributed by atoms with Crippen molar-refractivity contribution in [3.8, 4) is 17.2 Å². The second kappa shape index (κ2) is 14.6. The van der Waals surface area contributed by atoms with Crippen molar-refractivity contribution < 1.29 is 23.5 Å². The standard InChI is InChI=1S/C34H31FN6O4S2/c1-3-45-25-16-14-24(15-17-25)40-31(20-36-33(43)26-7-4-5-8-29(26)44-2)37-38-34(40)47-21-32(42)41-28(22-10-12-23(35)13-11-22)19-27(39-41)30-9-6-18-46-30/h4-18,28H,3,19-21H2,1-2H3,(H,36,43)/t28-/m1/s1. The minimum atomic E-state index is -0.370. The number of hydrogen-bond donors (Lipinski definition) is 1. The summed E-state index contributed by atoms with van der Waals surface area (Å²) in [7, 11) is 1.51. The van der Waals surface area contributed by atoms with Crippen LogP contribution in [0.25, 0.3) is 5.69 Å². The van der Waals surface area contributed by atoms with Crippen LogP contribution in [0.4, 0.5) is 4.39 Å². The molecule has 10 nitrogen and oxygen atoms in total. The van der Waals surface area contributed by atoms with Crippen LogP contribution in [0.2, 0.25) is 0 Å². The van der Waals surface area contributed by atoms with E-state index in [0.29, 0.717) is 41.1 Å². The van der Waals surface area contributed by atoms with E-state index in [-0.39, 0.29) is 36.0 Å². The molecule has 1 N–H and O–H groups in total. The molecule has 6 rings (SSSR count). The Morgan fingerprint density at radius 3 is 2.53 bits per heavy atom. The van der Waals surface area contributed by atoms with E-state index in [4.69, 9.17) is 14.6 Å². The maximum absolute atomic E-state index is 13.8. The molecule has 0 unspecified atom stereocenters. The number of thiophene rings is 1. The Bertz CT molecular complexity index is 1880. The van der Waals surface area contributed by atoms with Gasteiger partial charge in [-0.1, -0.05) is 42.1 Å². The molecule has 0 spiro atoms. The summed E-state index contributed by atoms with van der Waals surface area (Å²) in [6, 6.07) is 24.1. The predicted octanol–water partition coefficient (Wildman–Crippen LogP) is 6.28. The topological polar surface area (TPSA) is 111 Å². The molecule has 13 heteroatoms. The van der Waals surface area contributed by atoms with Crippen LogP contribution >= 0.6 is 23.1 Å². The highest BCUT2D eigenvalue weighted by molar-refractivity contribution is 7.99. The first-order valence-electron chi connectivity index (χ1n) is 14.9. The number of carbonyl (C=O) groups is 2. The highest BCUT2D eigenvalue weighted by Crippen LogP contribution is 2.35. The van der Waals surface area contributed by atoms with E-state index >= 15 is 0 Å². The molecule has 47 heavy (non-hydrogen) atoms. The molecule has 3 aromatic carbocycles. The summed E-state index contributed by atoms with van der Waals surface area (Å²) in [5.41, 5.74) is 2.73. The third kappa shape index (κ3) is 7.21. The summed E-state index contributed by atoms with van der Waals surface area (Å²) in [6.07, 6.45) is 0.515. The molecule has 0 saturated carbocycles. The van der Waals surface area contributed by atoms with Crippen molar-refractivity contribution in [1.29, 1.82) is 0 Å². The molecule has 2 amide bonds. The highest BCUT2D eigenvalue weighted by Gasteiger charge is 2.34. The van der Waals surface area contributed by atoms with Gasteiger partial charge in [-0.2, -0.15) is 5.10 Å². The molecular weight excluding hydrogens is 640 g/mol. The van der Waals surface area contributed by atoms with Crippen molar-refractivity contribution in [3.05, 3.63) is 118 Å². The van der Waals surface area contributed by atoms with Crippen LogP contribution in [-0.2, 0) is 11.3 Å². The first kappa shape index (κ1) is 32.0. The van der Waals surface area contributed by atoms with E-state index in [1.807, 2.05) is 48.7 Å². The lowest BCUT2D eigenvalue weighted by atomic mass is 10.0. The Hall–Kier alpha value is -5.01. The number of benzene rings is 3. The second-order valence-corrected chi connectivity index (χ2v) is 12.3. The van der Waals surface area contributed by atoms with Gasteiger partial charge in [-0.05, 0) is 72.5 Å². The second-order valence-electron chi connectivity index (χ2n) is 10.4. The van der Waals surface area contributed by atoms with Crippen molar-refractivity contribution in [3.63, 3.8) is 0 Å². The van der Waals surface area contributed by atoms with Gasteiger partial charge in [-0.25, -0.2) is 9.40 Å². The lowest BCUT2D eigenvalue weighted by molar-refractivity contribution is -0.130. The fraction of sp³-hybridized carbons (Fsp3) is 0.206. The zero-order valence-corrected chi connectivity index (χ0v) is 27.3. The van der Waals surface area contributed by atoms with Crippen molar-refractivity contribution in [2.45, 2.75) is 31.1 Å². The van der Waals surface area contributed by atoms with Crippen molar-refractivity contribution in [2.24, 2.45) is 5.10 Å². The quantitative estimate of drug-likeness (QED) is 0.156. The zero-order valence-electron chi connectivity index (χ0n) is 25.6. The summed E-state index contributed by atoms with van der Waals surface area (Å²) in [5.74, 6) is 0.746. The number of methoxy groups -OCH3 is 1. The number of amides is 2. The number of hydrogen-bond acceptors (Lipinski definition) is 9. The molecule has 0 radical (unpaired) electrons. The number of carbonyl (C=O) groups excluding carboxylic acids is 2. The lowest BCUT2D eigenvalue weighted by Gasteiger charge is -2.22. The van der Waals surface area contributed by atoms with Gasteiger partial charge >= 0.3 is 0 Å². The number of para-hydroxylation sites is 1. The van der Waals surface area contributed by atoms with Crippen LogP contribution in [0.1, 0.15) is 46.0 Å². The molecule has 3 heterocycles. The van der Waals surface area contributed by atoms with Crippen LogP contribution in [0.3, 0.4) is 0 Å². The number of nitrogens with zero attached hydrogens (tertiary/aromatic N) is 5. The third-order valence-corrected chi connectivity index (χ3v) is 9.25. The van der Waals surface area contributed by atoms with E-state index in [1.54, 1.807) is 52.3 Å². The van der Waals surface area contributed by atoms with Crippen LogP contribution in [0.15, 0.2) is 101 Å². The Morgan fingerprint density at radius 1 is 1.02 bits per heavy atom. The van der Waals surface area contributed by atoms with Gasteiger partial charge in [0, 0.05) is 12.1 Å². The van der Waals surface area contributed by atoms with E-state index in [0.717, 1.165) is 21.8 Å². The molecule has 1 atom stereocenters. The summed E-state index contributed by atoms with van der Waals surface area (Å²) < 4.78 is 26.5. The van der Waals surface area contributed by atoms with E-state index in [2.05, 4.69) is 15.5 Å². The van der Waals surface area contributed by atoms with Crippen LogP contribution < -0.4 is 14.8 Å². The van der Waals surface area contributed by atoms with E-state index in [9.17, 15) is 14.0 Å². The molecule has 0 saturated heterocycles. The van der Waals surface area contributed by atoms with Crippen LogP contribution in [0.5, 0.6) is 11.5 Å². The fourth-order valence-electron chi connectivity index (χ4n) is 5.18. The monoisotopic (exact) mass is 670 g/mol. The van der Waals surface area contributed by atoms with Gasteiger partial charge in [0.15, 0.2) is 11.0 Å². The number of hydrazone groups is 1. The SMILES string of the molecule is CCOc1ccc(-n2c(CNC(=O)c3ccccc3OC)nnc2SCC(=O)N2N=C(c3cccs3)C[C@@H]2c2ccc(F)cc2)cc1. The summed E-state index contributed by atoms with van der Waals surface area (Å²) in [5, 5.41) is 20.3. The molecular formula is C34H31FN6O4S2. The maximum atomic E-state index is 13.8. The smallest absolute Gasteiger partial charge is 0.255 e. The van der Waals surface area contributed by atoms with Crippen LogP contribution in [-0.4, -0.2) is 56.8 Å². The number of thioether (sulfide) groups is 1. The molecule has 240 valence electrons. The fourth-order valence-corrected chi connectivity index (χ4v) is 6.73. The summed E-state index contributed by atoms with van der Waals surface area (Å²) >= 11 is 2.77. The average Bonchev–Trinajstić information content (AvgIpc) is 3.87. The Labute approximate surface area is 279 Å². The van der Waals surface area contributed by atoms with Gasteiger partial charge < -0.3 is 14.8 Å². The minimum absolute atomic E-state index is 0.0155. The van der Waals surface area contributed by atoms with E-state index in [1.165, 1.54) is 36.0 Å². The normalized spacial score (nSPS) is 14.1. The first-order valence-corrected chi connectivity index (χ1v) is 16.7. The largest absolute Gasteiger partial charge is 0.496 e. The zero-order chi connectivity index (χ0) is 32.8.